The van der Waals surface area contributed by atoms with Gasteiger partial charge in [-0.25, -0.2) is 9.78 Å². The normalized spacial score (nSPS) is 16.8. The van der Waals surface area contributed by atoms with Crippen LogP contribution in [0.15, 0.2) is 6.33 Å². The molecule has 1 aliphatic rings. The zero-order valence-corrected chi connectivity index (χ0v) is 8.86. The quantitative estimate of drug-likeness (QED) is 0.697. The van der Waals surface area contributed by atoms with Gasteiger partial charge in [0, 0.05) is 6.04 Å². The molecule has 0 aromatic carbocycles. The molecular weight excluding hydrogens is 210 g/mol. The molecular formula is C10H13N3O3. The van der Waals surface area contributed by atoms with Crippen LogP contribution in [-0.4, -0.2) is 33.0 Å². The maximum Gasteiger partial charge on any atom is 0.354 e. The number of carbonyl (C=O) groups excluding carboxylic acids is 1. The third kappa shape index (κ3) is 2.05. The van der Waals surface area contributed by atoms with Crippen molar-refractivity contribution in [2.75, 3.05) is 0 Å². The van der Waals surface area contributed by atoms with E-state index in [1.165, 1.54) is 6.33 Å². The van der Waals surface area contributed by atoms with Gasteiger partial charge in [0.05, 0.1) is 6.33 Å². The van der Waals surface area contributed by atoms with E-state index in [-0.39, 0.29) is 17.4 Å². The molecule has 1 saturated carbocycles. The molecule has 2 rings (SSSR count). The molecule has 0 aliphatic heterocycles. The first-order valence-electron chi connectivity index (χ1n) is 5.17. The Bertz CT molecular complexity index is 423. The first kappa shape index (κ1) is 10.7. The molecule has 1 amide bonds. The molecule has 1 aromatic heterocycles. The molecule has 6 nitrogen and oxygen atoms in total. The van der Waals surface area contributed by atoms with Gasteiger partial charge in [-0.1, -0.05) is 0 Å². The maximum atomic E-state index is 11.7. The van der Waals surface area contributed by atoms with Gasteiger partial charge in [-0.15, -0.1) is 0 Å². The Morgan fingerprint density at radius 1 is 1.62 bits per heavy atom. The maximum absolute atomic E-state index is 11.7. The van der Waals surface area contributed by atoms with Gasteiger partial charge < -0.3 is 15.4 Å². The van der Waals surface area contributed by atoms with Crippen molar-refractivity contribution in [2.45, 2.75) is 25.8 Å². The highest BCUT2D eigenvalue weighted by atomic mass is 16.4. The lowest BCUT2D eigenvalue weighted by atomic mass is 10.2. The van der Waals surface area contributed by atoms with E-state index in [1.807, 2.05) is 6.92 Å². The van der Waals surface area contributed by atoms with E-state index in [4.69, 9.17) is 5.11 Å². The number of hydrogen-bond donors (Lipinski definition) is 3. The molecule has 86 valence electrons. The van der Waals surface area contributed by atoms with Crippen LogP contribution in [0, 0.1) is 5.92 Å². The lowest BCUT2D eigenvalue weighted by Crippen LogP contribution is -2.35. The summed E-state index contributed by atoms with van der Waals surface area (Å²) in [5.74, 6) is -1.09. The second-order valence-electron chi connectivity index (χ2n) is 4.03. The van der Waals surface area contributed by atoms with E-state index >= 15 is 0 Å². The van der Waals surface area contributed by atoms with Crippen LogP contribution < -0.4 is 5.32 Å². The Morgan fingerprint density at radius 3 is 2.88 bits per heavy atom. The second-order valence-corrected chi connectivity index (χ2v) is 4.03. The number of imidazole rings is 1. The van der Waals surface area contributed by atoms with Crippen molar-refractivity contribution in [3.05, 3.63) is 17.7 Å². The predicted octanol–water partition coefficient (Wildman–Crippen LogP) is 0.636. The molecule has 1 fully saturated rings. The van der Waals surface area contributed by atoms with E-state index in [1.54, 1.807) is 0 Å². The minimum atomic E-state index is -1.18. The zero-order chi connectivity index (χ0) is 11.7. The number of carbonyl (C=O) groups is 2. The van der Waals surface area contributed by atoms with E-state index in [0.29, 0.717) is 5.92 Å². The standard InChI is InChI=1S/C10H13N3O3/c1-5(6-2-3-6)13-9(14)7-8(10(15)16)12-4-11-7/h4-6H,2-3H2,1H3,(H,11,12)(H,13,14)(H,15,16). The lowest BCUT2D eigenvalue weighted by molar-refractivity contribution is 0.0684. The molecule has 0 radical (unpaired) electrons. The van der Waals surface area contributed by atoms with Crippen LogP contribution in [0.25, 0.3) is 0 Å². The topological polar surface area (TPSA) is 95.1 Å². The Hall–Kier alpha value is -1.85. The molecule has 0 bridgehead atoms. The Balaban J connectivity index is 2.07. The molecule has 1 aliphatic carbocycles. The lowest BCUT2D eigenvalue weighted by Gasteiger charge is -2.11. The Kier molecular flexibility index (Phi) is 2.64. The number of nitrogens with one attached hydrogen (secondary N) is 2. The second kappa shape index (κ2) is 3.96. The van der Waals surface area contributed by atoms with Gasteiger partial charge in [-0.2, -0.15) is 0 Å². The Labute approximate surface area is 92.1 Å². The number of aromatic carboxylic acids is 1. The van der Waals surface area contributed by atoms with Crippen molar-refractivity contribution in [1.29, 1.82) is 0 Å². The van der Waals surface area contributed by atoms with Crippen molar-refractivity contribution in [3.8, 4) is 0 Å². The first-order chi connectivity index (χ1) is 7.59. The van der Waals surface area contributed by atoms with Gasteiger partial charge >= 0.3 is 5.97 Å². The number of amides is 1. The summed E-state index contributed by atoms with van der Waals surface area (Å²) >= 11 is 0. The highest BCUT2D eigenvalue weighted by Gasteiger charge is 2.30. The molecule has 1 atom stereocenters. The number of carboxylic acids is 1. The van der Waals surface area contributed by atoms with Crippen LogP contribution in [0.2, 0.25) is 0 Å². The van der Waals surface area contributed by atoms with Crippen LogP contribution in [-0.2, 0) is 0 Å². The van der Waals surface area contributed by atoms with Gasteiger partial charge in [-0.3, -0.25) is 4.79 Å². The van der Waals surface area contributed by atoms with Crippen molar-refractivity contribution in [3.63, 3.8) is 0 Å². The van der Waals surface area contributed by atoms with Crippen molar-refractivity contribution < 1.29 is 14.7 Å². The molecule has 1 heterocycles. The smallest absolute Gasteiger partial charge is 0.354 e. The summed E-state index contributed by atoms with van der Waals surface area (Å²) in [7, 11) is 0. The van der Waals surface area contributed by atoms with E-state index < -0.39 is 11.9 Å². The van der Waals surface area contributed by atoms with Crippen LogP contribution in [0.4, 0.5) is 0 Å². The highest BCUT2D eigenvalue weighted by Crippen LogP contribution is 2.32. The molecule has 0 spiro atoms. The van der Waals surface area contributed by atoms with Gasteiger partial charge in [0.15, 0.2) is 11.4 Å². The molecule has 1 unspecified atom stereocenters. The average Bonchev–Trinajstić information content (AvgIpc) is 2.94. The number of H-pyrrole nitrogens is 1. The van der Waals surface area contributed by atoms with Crippen LogP contribution in [0.5, 0.6) is 0 Å². The number of nitrogens with zero attached hydrogens (tertiary/aromatic N) is 1. The van der Waals surface area contributed by atoms with Gasteiger partial charge in [0.1, 0.15) is 0 Å². The molecule has 1 aromatic rings. The molecule has 3 N–H and O–H groups in total. The summed E-state index contributed by atoms with van der Waals surface area (Å²) in [6, 6.07) is 0.0749. The summed E-state index contributed by atoms with van der Waals surface area (Å²) in [5.41, 5.74) is -0.222. The van der Waals surface area contributed by atoms with Crippen LogP contribution in [0.1, 0.15) is 40.7 Å². The van der Waals surface area contributed by atoms with Crippen molar-refractivity contribution >= 4 is 11.9 Å². The molecule has 6 heteroatoms. The van der Waals surface area contributed by atoms with Crippen molar-refractivity contribution in [1.82, 2.24) is 15.3 Å². The highest BCUT2D eigenvalue weighted by molar-refractivity contribution is 6.02. The van der Waals surface area contributed by atoms with Gasteiger partial charge in [-0.05, 0) is 25.7 Å². The Morgan fingerprint density at radius 2 is 2.31 bits per heavy atom. The summed E-state index contributed by atoms with van der Waals surface area (Å²) in [6.07, 6.45) is 3.45. The van der Waals surface area contributed by atoms with Crippen LogP contribution >= 0.6 is 0 Å². The summed E-state index contributed by atoms with van der Waals surface area (Å²) in [6.45, 7) is 1.92. The largest absolute Gasteiger partial charge is 0.477 e. The third-order valence-corrected chi connectivity index (χ3v) is 2.76. The number of rotatable bonds is 4. The first-order valence-corrected chi connectivity index (χ1v) is 5.17. The van der Waals surface area contributed by atoms with E-state index in [2.05, 4.69) is 15.3 Å². The fourth-order valence-electron chi connectivity index (χ4n) is 1.62. The number of carboxylic acid groups (broad SMARTS) is 1. The van der Waals surface area contributed by atoms with E-state index in [0.717, 1.165) is 12.8 Å². The van der Waals surface area contributed by atoms with Gasteiger partial charge in [0.25, 0.3) is 5.91 Å². The summed E-state index contributed by atoms with van der Waals surface area (Å²) in [4.78, 5) is 28.6. The fraction of sp³-hybridized carbons (Fsp3) is 0.500. The summed E-state index contributed by atoms with van der Waals surface area (Å²) < 4.78 is 0. The number of aromatic nitrogens is 2. The average molecular weight is 223 g/mol. The third-order valence-electron chi connectivity index (χ3n) is 2.76. The van der Waals surface area contributed by atoms with E-state index in [9.17, 15) is 9.59 Å². The molecule has 0 saturated heterocycles. The monoisotopic (exact) mass is 223 g/mol. The number of hydrogen-bond acceptors (Lipinski definition) is 3. The zero-order valence-electron chi connectivity index (χ0n) is 8.86. The molecule has 16 heavy (non-hydrogen) atoms. The fourth-order valence-corrected chi connectivity index (χ4v) is 1.62. The SMILES string of the molecule is CC(NC(=O)c1nc[nH]c1C(=O)O)C1CC1. The predicted molar refractivity (Wildman–Crippen MR) is 55.2 cm³/mol. The van der Waals surface area contributed by atoms with Crippen LogP contribution in [0.3, 0.4) is 0 Å². The van der Waals surface area contributed by atoms with Gasteiger partial charge in [0.2, 0.25) is 0 Å². The minimum Gasteiger partial charge on any atom is -0.477 e. The van der Waals surface area contributed by atoms with Crippen molar-refractivity contribution in [2.24, 2.45) is 5.92 Å². The number of aromatic amines is 1. The summed E-state index contributed by atoms with van der Waals surface area (Å²) in [5, 5.41) is 11.6. The minimum absolute atomic E-state index is 0.0556.